The standard InChI is InChI=1S/C30H33F3N6O4S/c1-16-12-21(30(31,32)33)36-23(22(16)35-17-7-11-38(14-17)27(42)43-28(2,3)4)19-6-10-34-20-13-18(44-24(19)20)15-39-25(40)29(8-9-29)37(5)26(39)41/h6,10,12-13,17,35H,7-9,11,14-15H2,1-5H3/t17-/m0/s1. The smallest absolute Gasteiger partial charge is 0.433 e. The number of anilines is 1. The van der Waals surface area contributed by atoms with Crippen LogP contribution in [0.25, 0.3) is 21.5 Å². The van der Waals surface area contributed by atoms with Gasteiger partial charge in [0.25, 0.3) is 5.91 Å². The number of hydrogen-bond donors (Lipinski definition) is 1. The van der Waals surface area contributed by atoms with Crippen LogP contribution >= 0.6 is 11.3 Å². The van der Waals surface area contributed by atoms with E-state index in [1.807, 2.05) is 0 Å². The SMILES string of the molecule is Cc1cc(C(F)(F)F)nc(-c2ccnc3cc(CN4C(=O)N(C)C5(CC5)C4=O)sc23)c1N[C@H]1CCN(C(=O)OC(C)(C)C)C1. The Labute approximate surface area is 256 Å². The van der Waals surface area contributed by atoms with Crippen LogP contribution in [0.15, 0.2) is 24.4 Å². The van der Waals surface area contributed by atoms with Crippen molar-refractivity contribution in [3.05, 3.63) is 40.5 Å². The zero-order valence-electron chi connectivity index (χ0n) is 25.0. The maximum absolute atomic E-state index is 14.0. The molecule has 14 heteroatoms. The Hall–Kier alpha value is -3.94. The van der Waals surface area contributed by atoms with Gasteiger partial charge in [-0.25, -0.2) is 14.6 Å². The molecule has 0 bridgehead atoms. The molecule has 10 nitrogen and oxygen atoms in total. The van der Waals surface area contributed by atoms with Crippen LogP contribution < -0.4 is 5.32 Å². The number of likely N-dealkylation sites (N-methyl/N-ethyl adjacent to an activating group) is 1. The number of ether oxygens (including phenoxy) is 1. The van der Waals surface area contributed by atoms with Crippen LogP contribution in [-0.4, -0.2) is 80.0 Å². The summed E-state index contributed by atoms with van der Waals surface area (Å²) in [6.45, 7) is 7.76. The van der Waals surface area contributed by atoms with Crippen molar-refractivity contribution >= 4 is 45.3 Å². The molecule has 3 aromatic rings. The van der Waals surface area contributed by atoms with E-state index >= 15 is 0 Å². The Morgan fingerprint density at radius 3 is 2.57 bits per heavy atom. The number of fused-ring (bicyclic) bond motifs is 1. The van der Waals surface area contributed by atoms with E-state index in [0.29, 0.717) is 64.3 Å². The van der Waals surface area contributed by atoms with Crippen molar-refractivity contribution in [3.63, 3.8) is 0 Å². The minimum Gasteiger partial charge on any atom is -0.444 e. The van der Waals surface area contributed by atoms with E-state index in [9.17, 15) is 27.6 Å². The highest BCUT2D eigenvalue weighted by atomic mass is 32.1. The first-order valence-corrected chi connectivity index (χ1v) is 15.2. The fourth-order valence-corrected chi connectivity index (χ4v) is 6.95. The van der Waals surface area contributed by atoms with E-state index < -0.39 is 29.1 Å². The summed E-state index contributed by atoms with van der Waals surface area (Å²) in [7, 11) is 1.63. The number of aryl methyl sites for hydroxylation is 1. The number of nitrogens with zero attached hydrogens (tertiary/aromatic N) is 5. The van der Waals surface area contributed by atoms with Gasteiger partial charge in [-0.1, -0.05) is 0 Å². The van der Waals surface area contributed by atoms with Crippen molar-refractivity contribution < 1.29 is 32.3 Å². The van der Waals surface area contributed by atoms with Crippen molar-refractivity contribution in [1.82, 2.24) is 24.7 Å². The maximum Gasteiger partial charge on any atom is 0.433 e. The highest BCUT2D eigenvalue weighted by Crippen LogP contribution is 2.48. The molecule has 234 valence electrons. The molecule has 0 unspecified atom stereocenters. The van der Waals surface area contributed by atoms with Gasteiger partial charge in [-0.15, -0.1) is 11.3 Å². The number of rotatable bonds is 5. The maximum atomic E-state index is 14.0. The number of nitrogens with one attached hydrogen (secondary N) is 1. The third kappa shape index (κ3) is 5.33. The number of hydrogen-bond acceptors (Lipinski definition) is 8. The molecule has 6 rings (SSSR count). The fourth-order valence-electron chi connectivity index (χ4n) is 5.83. The van der Waals surface area contributed by atoms with Gasteiger partial charge in [-0.3, -0.25) is 14.7 Å². The first kappa shape index (κ1) is 30.1. The van der Waals surface area contributed by atoms with Gasteiger partial charge < -0.3 is 19.9 Å². The summed E-state index contributed by atoms with van der Waals surface area (Å²) >= 11 is 1.27. The first-order chi connectivity index (χ1) is 20.6. The summed E-state index contributed by atoms with van der Waals surface area (Å²) in [6, 6.07) is 3.78. The van der Waals surface area contributed by atoms with Crippen LogP contribution in [0.5, 0.6) is 0 Å². The average molecular weight is 631 g/mol. The lowest BCUT2D eigenvalue weighted by molar-refractivity contribution is -0.141. The second-order valence-corrected chi connectivity index (χ2v) is 13.8. The summed E-state index contributed by atoms with van der Waals surface area (Å²) in [4.78, 5) is 52.0. The molecule has 1 aliphatic carbocycles. The average Bonchev–Trinajstić information content (AvgIpc) is 3.35. The van der Waals surface area contributed by atoms with Gasteiger partial charge >= 0.3 is 18.3 Å². The summed E-state index contributed by atoms with van der Waals surface area (Å²) in [5.41, 5.74) is -0.555. The van der Waals surface area contributed by atoms with Crippen molar-refractivity contribution in [2.45, 2.75) is 76.9 Å². The molecule has 3 fully saturated rings. The number of carbonyl (C=O) groups excluding carboxylic acids is 3. The lowest BCUT2D eigenvalue weighted by atomic mass is 10.0. The summed E-state index contributed by atoms with van der Waals surface area (Å²) in [5, 5.41) is 3.37. The van der Waals surface area contributed by atoms with E-state index in [2.05, 4.69) is 15.3 Å². The number of likely N-dealkylation sites (tertiary alicyclic amines) is 1. The lowest BCUT2D eigenvalue weighted by Crippen LogP contribution is -2.36. The molecule has 0 aromatic carbocycles. The summed E-state index contributed by atoms with van der Waals surface area (Å²) in [5.74, 6) is -0.228. The molecule has 4 amide bonds. The molecule has 2 saturated heterocycles. The highest BCUT2D eigenvalue weighted by molar-refractivity contribution is 7.19. The summed E-state index contributed by atoms with van der Waals surface area (Å²) in [6.07, 6.45) is -1.77. The Balaban J connectivity index is 1.34. The van der Waals surface area contributed by atoms with E-state index in [1.54, 1.807) is 51.8 Å². The van der Waals surface area contributed by atoms with E-state index in [4.69, 9.17) is 4.74 Å². The van der Waals surface area contributed by atoms with Crippen molar-refractivity contribution in [1.29, 1.82) is 0 Å². The largest absolute Gasteiger partial charge is 0.444 e. The molecule has 5 heterocycles. The highest BCUT2D eigenvalue weighted by Gasteiger charge is 2.63. The van der Waals surface area contributed by atoms with Crippen molar-refractivity contribution in [2.75, 3.05) is 25.5 Å². The third-order valence-electron chi connectivity index (χ3n) is 8.25. The number of amides is 4. The van der Waals surface area contributed by atoms with Crippen LogP contribution in [0.4, 0.5) is 28.4 Å². The molecule has 1 saturated carbocycles. The predicted octanol–water partition coefficient (Wildman–Crippen LogP) is 6.03. The molecule has 2 aliphatic heterocycles. The number of carbonyl (C=O) groups is 3. The van der Waals surface area contributed by atoms with E-state index in [-0.39, 0.29) is 30.2 Å². The van der Waals surface area contributed by atoms with Gasteiger partial charge in [0.1, 0.15) is 16.8 Å². The van der Waals surface area contributed by atoms with Crippen LogP contribution in [0.1, 0.15) is 56.2 Å². The second kappa shape index (κ2) is 10.3. The fraction of sp³-hybridized carbons (Fsp3) is 0.500. The minimum absolute atomic E-state index is 0.0486. The van der Waals surface area contributed by atoms with Gasteiger partial charge in [-0.05, 0) is 70.7 Å². The molecular formula is C30H33F3N6O4S. The Morgan fingerprint density at radius 1 is 1.20 bits per heavy atom. The van der Waals surface area contributed by atoms with Gasteiger partial charge in [-0.2, -0.15) is 13.2 Å². The van der Waals surface area contributed by atoms with Crippen molar-refractivity contribution in [3.8, 4) is 11.3 Å². The van der Waals surface area contributed by atoms with Crippen molar-refractivity contribution in [2.24, 2.45) is 0 Å². The normalized spacial score (nSPS) is 19.9. The Kier molecular flexibility index (Phi) is 7.06. The monoisotopic (exact) mass is 630 g/mol. The van der Waals surface area contributed by atoms with E-state index in [0.717, 1.165) is 6.07 Å². The molecular weight excluding hydrogens is 597 g/mol. The lowest BCUT2D eigenvalue weighted by Gasteiger charge is -2.25. The number of imide groups is 1. The quantitative estimate of drug-likeness (QED) is 0.343. The number of halogens is 3. The zero-order valence-corrected chi connectivity index (χ0v) is 25.9. The van der Waals surface area contributed by atoms with Gasteiger partial charge in [0, 0.05) is 42.8 Å². The molecule has 44 heavy (non-hydrogen) atoms. The van der Waals surface area contributed by atoms with Gasteiger partial charge in [0.2, 0.25) is 0 Å². The van der Waals surface area contributed by atoms with Gasteiger partial charge in [0.15, 0.2) is 0 Å². The van der Waals surface area contributed by atoms with Crippen LogP contribution in [-0.2, 0) is 22.3 Å². The molecule has 1 N–H and O–H groups in total. The first-order valence-electron chi connectivity index (χ1n) is 14.4. The predicted molar refractivity (Wildman–Crippen MR) is 158 cm³/mol. The molecule has 1 atom stereocenters. The number of urea groups is 1. The third-order valence-corrected chi connectivity index (χ3v) is 9.40. The van der Waals surface area contributed by atoms with Gasteiger partial charge in [0.05, 0.1) is 28.1 Å². The zero-order chi connectivity index (χ0) is 31.8. The number of thiophene rings is 1. The van der Waals surface area contributed by atoms with E-state index in [1.165, 1.54) is 27.3 Å². The van der Waals surface area contributed by atoms with Crippen LogP contribution in [0.3, 0.4) is 0 Å². The number of pyridine rings is 2. The Morgan fingerprint density at radius 2 is 1.93 bits per heavy atom. The summed E-state index contributed by atoms with van der Waals surface area (Å²) < 4.78 is 48.0. The number of aromatic nitrogens is 2. The topological polar surface area (TPSA) is 108 Å². The number of alkyl halides is 3. The van der Waals surface area contributed by atoms with Crippen LogP contribution in [0.2, 0.25) is 0 Å². The van der Waals surface area contributed by atoms with Crippen LogP contribution in [0, 0.1) is 6.92 Å². The molecule has 1 spiro atoms. The molecule has 3 aromatic heterocycles. The minimum atomic E-state index is -4.67. The molecule has 3 aliphatic rings. The molecule has 0 radical (unpaired) electrons. The second-order valence-electron chi connectivity index (χ2n) is 12.7. The Bertz CT molecular complexity index is 1680.